The summed E-state index contributed by atoms with van der Waals surface area (Å²) in [7, 11) is 0. The Morgan fingerprint density at radius 2 is 1.70 bits per heavy atom. The van der Waals surface area contributed by atoms with Crippen molar-refractivity contribution in [3.05, 3.63) is 77.7 Å². The van der Waals surface area contributed by atoms with E-state index in [9.17, 15) is 9.50 Å². The van der Waals surface area contributed by atoms with Gasteiger partial charge in [0.25, 0.3) is 0 Å². The highest BCUT2D eigenvalue weighted by atomic mass is 19.1. The van der Waals surface area contributed by atoms with Crippen molar-refractivity contribution in [2.45, 2.75) is 12.5 Å². The summed E-state index contributed by atoms with van der Waals surface area (Å²) in [5.74, 6) is -0.301. The molecule has 0 amide bonds. The van der Waals surface area contributed by atoms with Gasteiger partial charge in [-0.15, -0.1) is 0 Å². The molecule has 3 rings (SSSR count). The minimum Gasteiger partial charge on any atom is -0.388 e. The number of nitrogens with zero attached hydrogens (tertiary/aromatic N) is 1. The lowest BCUT2D eigenvalue weighted by atomic mass is 10.0. The molecule has 2 aromatic carbocycles. The Balaban J connectivity index is 1.83. The van der Waals surface area contributed by atoms with Gasteiger partial charge in [-0.3, -0.25) is 4.98 Å². The van der Waals surface area contributed by atoms with Gasteiger partial charge in [0.2, 0.25) is 0 Å². The molecule has 0 bridgehead atoms. The monoisotopic (exact) mass is 267 g/mol. The molecule has 1 aromatic heterocycles. The van der Waals surface area contributed by atoms with Gasteiger partial charge in [0.1, 0.15) is 5.82 Å². The fraction of sp³-hybridized carbons (Fsp3) is 0.118. The number of rotatable bonds is 3. The largest absolute Gasteiger partial charge is 0.388 e. The minimum atomic E-state index is -0.677. The molecule has 3 heteroatoms. The number of pyridine rings is 1. The Morgan fingerprint density at radius 3 is 2.50 bits per heavy atom. The van der Waals surface area contributed by atoms with Crippen LogP contribution in [0.5, 0.6) is 0 Å². The van der Waals surface area contributed by atoms with Crippen LogP contribution in [0.1, 0.15) is 17.4 Å². The molecule has 0 saturated carbocycles. The number of para-hydroxylation sites is 1. The third-order valence-corrected chi connectivity index (χ3v) is 3.31. The lowest BCUT2D eigenvalue weighted by molar-refractivity contribution is 0.177. The molecule has 3 aromatic rings. The van der Waals surface area contributed by atoms with Crippen LogP contribution in [0.3, 0.4) is 0 Å². The van der Waals surface area contributed by atoms with Crippen molar-refractivity contribution in [1.82, 2.24) is 4.98 Å². The number of fused-ring (bicyclic) bond motifs is 1. The number of hydrogen-bond donors (Lipinski definition) is 1. The molecule has 0 radical (unpaired) electrons. The summed E-state index contributed by atoms with van der Waals surface area (Å²) >= 11 is 0. The summed E-state index contributed by atoms with van der Waals surface area (Å²) < 4.78 is 12.9. The van der Waals surface area contributed by atoms with E-state index in [2.05, 4.69) is 4.98 Å². The summed E-state index contributed by atoms with van der Waals surface area (Å²) in [5, 5.41) is 11.3. The van der Waals surface area contributed by atoms with Gasteiger partial charge < -0.3 is 5.11 Å². The van der Waals surface area contributed by atoms with Crippen molar-refractivity contribution >= 4 is 10.9 Å². The van der Waals surface area contributed by atoms with Crippen molar-refractivity contribution in [2.24, 2.45) is 0 Å². The highest BCUT2D eigenvalue weighted by molar-refractivity contribution is 5.78. The Bertz CT molecular complexity index is 724. The second-order valence-electron chi connectivity index (χ2n) is 4.77. The average Bonchev–Trinajstić information content (AvgIpc) is 2.48. The number of halogens is 1. The van der Waals surface area contributed by atoms with E-state index in [4.69, 9.17) is 0 Å². The first-order valence-electron chi connectivity index (χ1n) is 6.50. The van der Waals surface area contributed by atoms with Crippen LogP contribution in [0.4, 0.5) is 4.39 Å². The van der Waals surface area contributed by atoms with Crippen LogP contribution in [0.25, 0.3) is 10.9 Å². The molecule has 0 spiro atoms. The second kappa shape index (κ2) is 5.39. The van der Waals surface area contributed by atoms with Crippen LogP contribution < -0.4 is 0 Å². The van der Waals surface area contributed by atoms with Crippen molar-refractivity contribution in [1.29, 1.82) is 0 Å². The van der Waals surface area contributed by atoms with E-state index in [1.165, 1.54) is 12.1 Å². The van der Waals surface area contributed by atoms with Crippen LogP contribution in [0, 0.1) is 5.82 Å². The number of aromatic nitrogens is 1. The van der Waals surface area contributed by atoms with E-state index >= 15 is 0 Å². The molecule has 0 saturated heterocycles. The molecule has 0 aliphatic rings. The predicted molar refractivity (Wildman–Crippen MR) is 76.8 cm³/mol. The fourth-order valence-electron chi connectivity index (χ4n) is 2.22. The van der Waals surface area contributed by atoms with Gasteiger partial charge in [0.15, 0.2) is 0 Å². The second-order valence-corrected chi connectivity index (χ2v) is 4.77. The van der Waals surface area contributed by atoms with E-state index in [1.54, 1.807) is 12.1 Å². The first-order valence-corrected chi connectivity index (χ1v) is 6.50. The Kier molecular flexibility index (Phi) is 3.44. The van der Waals surface area contributed by atoms with Gasteiger partial charge >= 0.3 is 0 Å². The van der Waals surface area contributed by atoms with E-state index < -0.39 is 6.10 Å². The number of aliphatic hydroxyl groups excluding tert-OH is 1. The topological polar surface area (TPSA) is 33.1 Å². The maximum Gasteiger partial charge on any atom is 0.123 e. The minimum absolute atomic E-state index is 0.301. The quantitative estimate of drug-likeness (QED) is 0.785. The molecule has 20 heavy (non-hydrogen) atoms. The van der Waals surface area contributed by atoms with Crippen LogP contribution in [-0.4, -0.2) is 10.1 Å². The number of hydrogen-bond acceptors (Lipinski definition) is 2. The third-order valence-electron chi connectivity index (χ3n) is 3.31. The molecular formula is C17H14FNO. The van der Waals surface area contributed by atoms with E-state index in [1.807, 2.05) is 36.4 Å². The van der Waals surface area contributed by atoms with Crippen molar-refractivity contribution in [3.63, 3.8) is 0 Å². The van der Waals surface area contributed by atoms with Crippen molar-refractivity contribution in [2.75, 3.05) is 0 Å². The van der Waals surface area contributed by atoms with E-state index in [0.29, 0.717) is 12.0 Å². The predicted octanol–water partition coefficient (Wildman–Crippen LogP) is 3.65. The van der Waals surface area contributed by atoms with Crippen LogP contribution in [-0.2, 0) is 6.42 Å². The SMILES string of the molecule is OC(Cc1ccc2ccccc2n1)c1ccc(F)cc1. The van der Waals surface area contributed by atoms with Gasteiger partial charge in [-0.1, -0.05) is 36.4 Å². The van der Waals surface area contributed by atoms with Crippen LogP contribution in [0.15, 0.2) is 60.7 Å². The van der Waals surface area contributed by atoms with E-state index in [0.717, 1.165) is 16.6 Å². The van der Waals surface area contributed by atoms with Gasteiger partial charge in [0.05, 0.1) is 11.6 Å². The zero-order chi connectivity index (χ0) is 13.9. The van der Waals surface area contributed by atoms with Gasteiger partial charge in [-0.2, -0.15) is 0 Å². The Labute approximate surface area is 116 Å². The zero-order valence-electron chi connectivity index (χ0n) is 10.8. The van der Waals surface area contributed by atoms with Crippen molar-refractivity contribution in [3.8, 4) is 0 Å². The van der Waals surface area contributed by atoms with Crippen molar-refractivity contribution < 1.29 is 9.50 Å². The highest BCUT2D eigenvalue weighted by Gasteiger charge is 2.10. The van der Waals surface area contributed by atoms with Crippen LogP contribution in [0.2, 0.25) is 0 Å². The summed E-state index contributed by atoms with van der Waals surface area (Å²) in [4.78, 5) is 4.52. The first kappa shape index (κ1) is 12.8. The molecule has 0 fully saturated rings. The maximum absolute atomic E-state index is 12.9. The summed E-state index contributed by atoms with van der Waals surface area (Å²) in [6, 6.07) is 17.7. The molecule has 2 nitrogen and oxygen atoms in total. The molecule has 1 atom stereocenters. The Morgan fingerprint density at radius 1 is 0.950 bits per heavy atom. The lowest BCUT2D eigenvalue weighted by Crippen LogP contribution is -2.03. The molecule has 100 valence electrons. The summed E-state index contributed by atoms with van der Waals surface area (Å²) in [5.41, 5.74) is 2.43. The van der Waals surface area contributed by atoms with Gasteiger partial charge in [-0.25, -0.2) is 4.39 Å². The molecule has 1 heterocycles. The van der Waals surface area contributed by atoms with Gasteiger partial charge in [0, 0.05) is 17.5 Å². The molecule has 0 aliphatic heterocycles. The van der Waals surface area contributed by atoms with Gasteiger partial charge in [-0.05, 0) is 29.8 Å². The molecule has 0 aliphatic carbocycles. The lowest BCUT2D eigenvalue weighted by Gasteiger charge is -2.11. The fourth-order valence-corrected chi connectivity index (χ4v) is 2.22. The standard InChI is InChI=1S/C17H14FNO/c18-14-8-5-13(6-9-14)17(20)11-15-10-7-12-3-1-2-4-16(12)19-15/h1-10,17,20H,11H2. The smallest absolute Gasteiger partial charge is 0.123 e. The molecular weight excluding hydrogens is 253 g/mol. The maximum atomic E-state index is 12.9. The van der Waals surface area contributed by atoms with E-state index in [-0.39, 0.29) is 5.82 Å². The number of aliphatic hydroxyl groups is 1. The van der Waals surface area contributed by atoms with Crippen LogP contribution >= 0.6 is 0 Å². The average molecular weight is 267 g/mol. The number of benzene rings is 2. The third kappa shape index (κ3) is 2.68. The molecule has 1 unspecified atom stereocenters. The highest BCUT2D eigenvalue weighted by Crippen LogP contribution is 2.19. The Hall–Kier alpha value is -2.26. The zero-order valence-corrected chi connectivity index (χ0v) is 10.8. The molecule has 1 N–H and O–H groups in total. The first-order chi connectivity index (χ1) is 9.72. The summed E-state index contributed by atoms with van der Waals surface area (Å²) in [6.45, 7) is 0. The summed E-state index contributed by atoms with van der Waals surface area (Å²) in [6.07, 6.45) is -0.263. The normalized spacial score (nSPS) is 12.5.